The first-order valence-corrected chi connectivity index (χ1v) is 3.80. The van der Waals surface area contributed by atoms with E-state index in [-0.39, 0.29) is 0 Å². The molecule has 0 aliphatic carbocycles. The molecule has 6 heteroatoms. The standard InChI is InChI=1S/C8H4ClF3O2/c9-7(14)5-2-1-4(13)3-6(5)8(10,11)12/h1-3,13H. The molecule has 76 valence electrons. The fourth-order valence-electron chi connectivity index (χ4n) is 0.938. The third kappa shape index (κ3) is 2.17. The van der Waals surface area contributed by atoms with Gasteiger partial charge in [-0.2, -0.15) is 13.2 Å². The van der Waals surface area contributed by atoms with E-state index < -0.39 is 28.3 Å². The van der Waals surface area contributed by atoms with E-state index in [4.69, 9.17) is 16.7 Å². The lowest BCUT2D eigenvalue weighted by atomic mass is 10.1. The average Bonchev–Trinajstić information content (AvgIpc) is 2.01. The van der Waals surface area contributed by atoms with Crippen molar-refractivity contribution in [2.24, 2.45) is 0 Å². The van der Waals surface area contributed by atoms with Gasteiger partial charge in [-0.25, -0.2) is 0 Å². The number of halogens is 4. The van der Waals surface area contributed by atoms with Gasteiger partial charge in [0.1, 0.15) is 5.75 Å². The number of alkyl halides is 3. The molecule has 0 atom stereocenters. The molecular weight excluding hydrogens is 221 g/mol. The third-order valence-electron chi connectivity index (χ3n) is 1.52. The van der Waals surface area contributed by atoms with Gasteiger partial charge in [-0.1, -0.05) is 0 Å². The Morgan fingerprint density at radius 3 is 2.36 bits per heavy atom. The third-order valence-corrected chi connectivity index (χ3v) is 1.72. The van der Waals surface area contributed by atoms with Crippen molar-refractivity contribution in [3.05, 3.63) is 29.3 Å². The SMILES string of the molecule is O=C(Cl)c1ccc(O)cc1C(F)(F)F. The number of benzene rings is 1. The molecule has 0 saturated heterocycles. The highest BCUT2D eigenvalue weighted by Crippen LogP contribution is 2.34. The largest absolute Gasteiger partial charge is 0.508 e. The Bertz CT molecular complexity index is 373. The molecule has 0 spiro atoms. The lowest BCUT2D eigenvalue weighted by Crippen LogP contribution is -2.10. The number of rotatable bonds is 1. The summed E-state index contributed by atoms with van der Waals surface area (Å²) in [6.07, 6.45) is -4.71. The summed E-state index contributed by atoms with van der Waals surface area (Å²) in [5.41, 5.74) is -1.91. The van der Waals surface area contributed by atoms with Crippen molar-refractivity contribution in [3.63, 3.8) is 0 Å². The van der Waals surface area contributed by atoms with Crippen molar-refractivity contribution in [1.29, 1.82) is 0 Å². The number of carbonyl (C=O) groups is 1. The Morgan fingerprint density at radius 2 is 1.93 bits per heavy atom. The molecule has 0 aliphatic heterocycles. The van der Waals surface area contributed by atoms with Crippen LogP contribution in [0, 0.1) is 0 Å². The summed E-state index contributed by atoms with van der Waals surface area (Å²) in [4.78, 5) is 10.6. The molecule has 0 heterocycles. The van der Waals surface area contributed by atoms with E-state index in [9.17, 15) is 18.0 Å². The highest BCUT2D eigenvalue weighted by atomic mass is 35.5. The molecule has 1 aromatic rings. The molecule has 0 saturated carbocycles. The van der Waals surface area contributed by atoms with Gasteiger partial charge in [-0.3, -0.25) is 4.79 Å². The zero-order valence-electron chi connectivity index (χ0n) is 6.60. The lowest BCUT2D eigenvalue weighted by Gasteiger charge is -2.09. The van der Waals surface area contributed by atoms with E-state index >= 15 is 0 Å². The van der Waals surface area contributed by atoms with Gasteiger partial charge >= 0.3 is 6.18 Å². The number of hydrogen-bond donors (Lipinski definition) is 1. The summed E-state index contributed by atoms with van der Waals surface area (Å²) in [5, 5.41) is 7.62. The minimum absolute atomic E-state index is 0.454. The Morgan fingerprint density at radius 1 is 1.36 bits per heavy atom. The molecule has 0 amide bonds. The average molecular weight is 225 g/mol. The minimum atomic E-state index is -4.71. The molecule has 2 nitrogen and oxygen atoms in total. The summed E-state index contributed by atoms with van der Waals surface area (Å²) in [6, 6.07) is 2.24. The minimum Gasteiger partial charge on any atom is -0.508 e. The van der Waals surface area contributed by atoms with Gasteiger partial charge in [0.05, 0.1) is 5.56 Å². The van der Waals surface area contributed by atoms with E-state index in [1.165, 1.54) is 0 Å². The maximum Gasteiger partial charge on any atom is 0.417 e. The van der Waals surface area contributed by atoms with Crippen molar-refractivity contribution in [2.45, 2.75) is 6.18 Å². The van der Waals surface area contributed by atoms with Crippen LogP contribution in [0.3, 0.4) is 0 Å². The molecule has 1 rings (SSSR count). The smallest absolute Gasteiger partial charge is 0.417 e. The fourth-order valence-corrected chi connectivity index (χ4v) is 1.10. The summed E-state index contributed by atoms with van der Waals surface area (Å²) in [6.45, 7) is 0. The topological polar surface area (TPSA) is 37.3 Å². The maximum absolute atomic E-state index is 12.3. The normalized spacial score (nSPS) is 11.4. The zero-order valence-corrected chi connectivity index (χ0v) is 7.36. The highest BCUT2D eigenvalue weighted by Gasteiger charge is 2.35. The van der Waals surface area contributed by atoms with Crippen LogP contribution in [0.5, 0.6) is 5.75 Å². The molecule has 0 radical (unpaired) electrons. The maximum atomic E-state index is 12.3. The van der Waals surface area contributed by atoms with Gasteiger partial charge in [0.25, 0.3) is 5.24 Å². The van der Waals surface area contributed by atoms with Crippen LogP contribution >= 0.6 is 11.6 Å². The number of aromatic hydroxyl groups is 1. The first-order chi connectivity index (χ1) is 6.32. The lowest BCUT2D eigenvalue weighted by molar-refractivity contribution is -0.138. The second kappa shape index (κ2) is 3.49. The van der Waals surface area contributed by atoms with Crippen molar-refractivity contribution in [1.82, 2.24) is 0 Å². The van der Waals surface area contributed by atoms with Crippen molar-refractivity contribution in [2.75, 3.05) is 0 Å². The molecule has 1 aromatic carbocycles. The number of phenolic OH excluding ortho intramolecular Hbond substituents is 1. The Balaban J connectivity index is 3.38. The number of phenols is 1. The van der Waals surface area contributed by atoms with Crippen LogP contribution in [0.4, 0.5) is 13.2 Å². The molecule has 14 heavy (non-hydrogen) atoms. The monoisotopic (exact) mass is 224 g/mol. The molecule has 0 unspecified atom stereocenters. The number of hydrogen-bond acceptors (Lipinski definition) is 2. The molecule has 1 N–H and O–H groups in total. The van der Waals surface area contributed by atoms with Gasteiger partial charge in [0.15, 0.2) is 0 Å². The molecule has 0 bridgehead atoms. The highest BCUT2D eigenvalue weighted by molar-refractivity contribution is 6.67. The number of carbonyl (C=O) groups excluding carboxylic acids is 1. The quantitative estimate of drug-likeness (QED) is 0.745. The van der Waals surface area contributed by atoms with E-state index in [0.717, 1.165) is 12.1 Å². The van der Waals surface area contributed by atoms with Crippen LogP contribution < -0.4 is 0 Å². The van der Waals surface area contributed by atoms with E-state index in [2.05, 4.69) is 0 Å². The van der Waals surface area contributed by atoms with E-state index in [0.29, 0.717) is 6.07 Å². The van der Waals surface area contributed by atoms with Crippen molar-refractivity contribution in [3.8, 4) is 5.75 Å². The van der Waals surface area contributed by atoms with Gasteiger partial charge in [0.2, 0.25) is 0 Å². The molecular formula is C8H4ClF3O2. The van der Waals surface area contributed by atoms with Gasteiger partial charge < -0.3 is 5.11 Å². The van der Waals surface area contributed by atoms with Crippen molar-refractivity contribution >= 4 is 16.8 Å². The predicted octanol–water partition coefficient (Wildman–Crippen LogP) is 2.79. The first kappa shape index (κ1) is 10.8. The van der Waals surface area contributed by atoms with E-state index in [1.54, 1.807) is 0 Å². The summed E-state index contributed by atoms with van der Waals surface area (Å²) in [5.74, 6) is -0.570. The summed E-state index contributed by atoms with van der Waals surface area (Å²) in [7, 11) is 0. The van der Waals surface area contributed by atoms with Gasteiger partial charge in [-0.05, 0) is 29.8 Å². The summed E-state index contributed by atoms with van der Waals surface area (Å²) < 4.78 is 36.8. The second-order valence-corrected chi connectivity index (χ2v) is 2.84. The van der Waals surface area contributed by atoms with Crippen LogP contribution in [0.15, 0.2) is 18.2 Å². The fraction of sp³-hybridized carbons (Fsp3) is 0.125. The first-order valence-electron chi connectivity index (χ1n) is 3.42. The van der Waals surface area contributed by atoms with Crippen LogP contribution in [0.1, 0.15) is 15.9 Å². The zero-order chi connectivity index (χ0) is 10.9. The van der Waals surface area contributed by atoms with Gasteiger partial charge in [0, 0.05) is 5.56 Å². The van der Waals surface area contributed by atoms with E-state index in [1.807, 2.05) is 0 Å². The second-order valence-electron chi connectivity index (χ2n) is 2.50. The molecule has 0 aromatic heterocycles. The van der Waals surface area contributed by atoms with Gasteiger partial charge in [-0.15, -0.1) is 0 Å². The summed E-state index contributed by atoms with van der Waals surface area (Å²) >= 11 is 4.95. The van der Waals surface area contributed by atoms with Crippen molar-refractivity contribution < 1.29 is 23.1 Å². The Hall–Kier alpha value is -1.23. The molecule has 0 fully saturated rings. The Labute approximate surface area is 81.9 Å². The van der Waals surface area contributed by atoms with Crippen LogP contribution in [-0.2, 0) is 6.18 Å². The molecule has 0 aliphatic rings. The predicted molar refractivity (Wildman–Crippen MR) is 43.3 cm³/mol. The van der Waals surface area contributed by atoms with Crippen LogP contribution in [0.2, 0.25) is 0 Å². The Kier molecular flexibility index (Phi) is 2.71. The van der Waals surface area contributed by atoms with Crippen LogP contribution in [-0.4, -0.2) is 10.3 Å². The van der Waals surface area contributed by atoms with Crippen LogP contribution in [0.25, 0.3) is 0 Å².